The van der Waals surface area contributed by atoms with E-state index in [-0.39, 0.29) is 0 Å². The molecule has 1 aromatic carbocycles. The third kappa shape index (κ3) is 6.00. The second-order valence-electron chi connectivity index (χ2n) is 7.96. The third-order valence-corrected chi connectivity index (χ3v) is 5.96. The predicted molar refractivity (Wildman–Crippen MR) is 120 cm³/mol. The molecule has 0 aliphatic carbocycles. The van der Waals surface area contributed by atoms with E-state index < -0.39 is 0 Å². The first kappa shape index (κ1) is 21.2. The molecule has 2 fully saturated rings. The largest absolute Gasteiger partial charge is 0.369 e. The van der Waals surface area contributed by atoms with Crippen LogP contribution in [0.2, 0.25) is 5.02 Å². The molecule has 2 aliphatic rings. The van der Waals surface area contributed by atoms with Gasteiger partial charge in [0.05, 0.1) is 6.54 Å². The Morgan fingerprint density at radius 3 is 2.75 bits per heavy atom. The van der Waals surface area contributed by atoms with Crippen LogP contribution in [0.4, 0.5) is 5.69 Å². The highest BCUT2D eigenvalue weighted by Crippen LogP contribution is 2.23. The summed E-state index contributed by atoms with van der Waals surface area (Å²) in [6.45, 7) is 12.7. The van der Waals surface area contributed by atoms with Gasteiger partial charge in [0.15, 0.2) is 5.96 Å². The average Bonchev–Trinajstić information content (AvgIpc) is 3.15. The van der Waals surface area contributed by atoms with E-state index in [1.54, 1.807) is 0 Å². The summed E-state index contributed by atoms with van der Waals surface area (Å²) in [6, 6.07) is 8.98. The van der Waals surface area contributed by atoms with Crippen molar-refractivity contribution in [2.45, 2.75) is 32.4 Å². The van der Waals surface area contributed by atoms with E-state index in [0.717, 1.165) is 69.8 Å². The maximum absolute atomic E-state index is 6.15. The normalized spacial score (nSPS) is 23.1. The lowest BCUT2D eigenvalue weighted by molar-refractivity contribution is 0.122. The topological polar surface area (TPSA) is 46.1 Å². The summed E-state index contributed by atoms with van der Waals surface area (Å²) in [6.07, 6.45) is 1.10. The van der Waals surface area contributed by atoms with Crippen LogP contribution in [0.5, 0.6) is 0 Å². The number of aliphatic imine (C=N–C) groups is 1. The summed E-state index contributed by atoms with van der Waals surface area (Å²) >= 11 is 6.15. The van der Waals surface area contributed by atoms with Gasteiger partial charge in [-0.25, -0.2) is 0 Å². The van der Waals surface area contributed by atoms with Crippen LogP contribution in [0.1, 0.15) is 20.3 Å². The summed E-state index contributed by atoms with van der Waals surface area (Å²) in [5.41, 5.74) is 1.20. The van der Waals surface area contributed by atoms with E-state index in [0.29, 0.717) is 12.1 Å². The van der Waals surface area contributed by atoms with Crippen molar-refractivity contribution in [3.05, 3.63) is 29.3 Å². The van der Waals surface area contributed by atoms with Crippen molar-refractivity contribution in [2.24, 2.45) is 4.99 Å². The molecule has 7 heteroatoms. The monoisotopic (exact) mass is 406 g/mol. The maximum Gasteiger partial charge on any atom is 0.191 e. The first-order valence-corrected chi connectivity index (χ1v) is 10.9. The van der Waals surface area contributed by atoms with Crippen molar-refractivity contribution in [3.63, 3.8) is 0 Å². The Morgan fingerprint density at radius 2 is 2.04 bits per heavy atom. The Hall–Kier alpha value is -1.50. The standard InChI is InChI=1S/C21H35ClN6/c1-4-23-21(24-15-17(2)27-12-10-26(3)11-13-27)25-19-8-9-28(16-19)20-7-5-6-18(22)14-20/h5-7,14,17,19H,4,8-13,15-16H2,1-3H3,(H2,23,24,25). The van der Waals surface area contributed by atoms with E-state index in [2.05, 4.69) is 52.3 Å². The SMILES string of the molecule is CCNC(=NCC(C)N1CCN(C)CC1)NC1CCN(c2cccc(Cl)c2)C1. The van der Waals surface area contributed by atoms with Crippen LogP contribution in [-0.2, 0) is 0 Å². The van der Waals surface area contributed by atoms with Crippen LogP contribution in [0, 0.1) is 0 Å². The van der Waals surface area contributed by atoms with Crippen LogP contribution in [0.25, 0.3) is 0 Å². The summed E-state index contributed by atoms with van der Waals surface area (Å²) in [5, 5.41) is 7.84. The number of guanidine groups is 1. The zero-order chi connectivity index (χ0) is 19.9. The van der Waals surface area contributed by atoms with E-state index in [4.69, 9.17) is 16.6 Å². The number of rotatable bonds is 6. The highest BCUT2D eigenvalue weighted by atomic mass is 35.5. The Kier molecular flexibility index (Phi) is 7.82. The van der Waals surface area contributed by atoms with E-state index >= 15 is 0 Å². The molecule has 0 radical (unpaired) electrons. The number of anilines is 1. The number of piperazine rings is 1. The van der Waals surface area contributed by atoms with Crippen LogP contribution in [0.3, 0.4) is 0 Å². The first-order valence-electron chi connectivity index (χ1n) is 10.5. The molecule has 156 valence electrons. The maximum atomic E-state index is 6.15. The summed E-state index contributed by atoms with van der Waals surface area (Å²) in [7, 11) is 2.20. The number of hydrogen-bond acceptors (Lipinski definition) is 4. The molecule has 0 saturated carbocycles. The molecule has 2 saturated heterocycles. The highest BCUT2D eigenvalue weighted by molar-refractivity contribution is 6.30. The molecule has 0 aromatic heterocycles. The smallest absolute Gasteiger partial charge is 0.191 e. The van der Waals surface area contributed by atoms with Gasteiger partial charge in [0.2, 0.25) is 0 Å². The number of likely N-dealkylation sites (N-methyl/N-ethyl adjacent to an activating group) is 1. The Bertz CT molecular complexity index is 644. The van der Waals surface area contributed by atoms with Crippen LogP contribution < -0.4 is 15.5 Å². The first-order chi connectivity index (χ1) is 13.5. The minimum absolute atomic E-state index is 0.399. The molecular formula is C21H35ClN6. The molecule has 0 amide bonds. The van der Waals surface area contributed by atoms with Crippen molar-refractivity contribution in [1.82, 2.24) is 20.4 Å². The van der Waals surface area contributed by atoms with Gasteiger partial charge in [0.25, 0.3) is 0 Å². The third-order valence-electron chi connectivity index (χ3n) is 5.72. The second kappa shape index (κ2) is 10.3. The number of nitrogens with one attached hydrogen (secondary N) is 2. The van der Waals surface area contributed by atoms with Gasteiger partial charge in [-0.15, -0.1) is 0 Å². The zero-order valence-electron chi connectivity index (χ0n) is 17.5. The van der Waals surface area contributed by atoms with Crippen molar-refractivity contribution >= 4 is 23.2 Å². The lowest BCUT2D eigenvalue weighted by Gasteiger charge is -2.36. The lowest BCUT2D eigenvalue weighted by atomic mass is 10.2. The molecule has 2 unspecified atom stereocenters. The van der Waals surface area contributed by atoms with Crippen LogP contribution in [-0.4, -0.2) is 87.2 Å². The molecule has 2 aliphatic heterocycles. The van der Waals surface area contributed by atoms with Gasteiger partial charge in [-0.2, -0.15) is 0 Å². The second-order valence-corrected chi connectivity index (χ2v) is 8.40. The molecular weight excluding hydrogens is 372 g/mol. The number of nitrogens with zero attached hydrogens (tertiary/aromatic N) is 4. The van der Waals surface area contributed by atoms with Gasteiger partial charge >= 0.3 is 0 Å². The quantitative estimate of drug-likeness (QED) is 0.559. The Balaban J connectivity index is 1.52. The van der Waals surface area contributed by atoms with Crippen molar-refractivity contribution in [3.8, 4) is 0 Å². The van der Waals surface area contributed by atoms with Crippen molar-refractivity contribution < 1.29 is 0 Å². The van der Waals surface area contributed by atoms with Crippen molar-refractivity contribution in [1.29, 1.82) is 0 Å². The molecule has 2 heterocycles. The molecule has 28 heavy (non-hydrogen) atoms. The van der Waals surface area contributed by atoms with E-state index in [1.165, 1.54) is 5.69 Å². The lowest BCUT2D eigenvalue weighted by Crippen LogP contribution is -2.49. The van der Waals surface area contributed by atoms with E-state index in [9.17, 15) is 0 Å². The molecule has 3 rings (SSSR count). The van der Waals surface area contributed by atoms with Gasteiger partial charge in [-0.1, -0.05) is 17.7 Å². The molecule has 0 bridgehead atoms. The zero-order valence-corrected chi connectivity index (χ0v) is 18.3. The fourth-order valence-corrected chi connectivity index (χ4v) is 4.08. The molecule has 1 aromatic rings. The number of benzene rings is 1. The fourth-order valence-electron chi connectivity index (χ4n) is 3.90. The van der Waals surface area contributed by atoms with Gasteiger partial charge in [0.1, 0.15) is 0 Å². The summed E-state index contributed by atoms with van der Waals surface area (Å²) < 4.78 is 0. The summed E-state index contributed by atoms with van der Waals surface area (Å²) in [4.78, 5) is 12.2. The predicted octanol–water partition coefficient (Wildman–Crippen LogP) is 2.11. The fraction of sp³-hybridized carbons (Fsp3) is 0.667. The molecule has 0 spiro atoms. The molecule has 2 N–H and O–H groups in total. The molecule has 2 atom stereocenters. The van der Waals surface area contributed by atoms with E-state index in [1.807, 2.05) is 18.2 Å². The van der Waals surface area contributed by atoms with Crippen molar-refractivity contribution in [2.75, 3.05) is 64.3 Å². The highest BCUT2D eigenvalue weighted by Gasteiger charge is 2.24. The molecule has 6 nitrogen and oxygen atoms in total. The van der Waals surface area contributed by atoms with Gasteiger partial charge in [-0.05, 0) is 45.5 Å². The summed E-state index contributed by atoms with van der Waals surface area (Å²) in [5.74, 6) is 0.932. The average molecular weight is 407 g/mol. The van der Waals surface area contributed by atoms with Crippen LogP contribution >= 0.6 is 11.6 Å². The van der Waals surface area contributed by atoms with Gasteiger partial charge < -0.3 is 20.4 Å². The van der Waals surface area contributed by atoms with Gasteiger partial charge in [-0.3, -0.25) is 9.89 Å². The number of halogens is 1. The Labute approximate surface area is 174 Å². The van der Waals surface area contributed by atoms with Gasteiger partial charge in [0, 0.05) is 68.6 Å². The minimum atomic E-state index is 0.399. The number of hydrogen-bond donors (Lipinski definition) is 2. The Morgan fingerprint density at radius 1 is 1.25 bits per heavy atom. The van der Waals surface area contributed by atoms with Crippen LogP contribution in [0.15, 0.2) is 29.3 Å². The minimum Gasteiger partial charge on any atom is -0.369 e.